The monoisotopic (exact) mass is 439 g/mol. The van der Waals surface area contributed by atoms with E-state index in [9.17, 15) is 4.79 Å². The number of thioether (sulfide) groups is 1. The van der Waals surface area contributed by atoms with Crippen molar-refractivity contribution in [1.82, 2.24) is 15.2 Å². The fourth-order valence-electron chi connectivity index (χ4n) is 3.09. The van der Waals surface area contributed by atoms with Gasteiger partial charge in [-0.25, -0.2) is 4.98 Å². The number of thiazole rings is 1. The Labute approximate surface area is 187 Å². The molecule has 3 rings (SSSR count). The van der Waals surface area contributed by atoms with Gasteiger partial charge in [-0.15, -0.1) is 23.1 Å². The zero-order valence-electron chi connectivity index (χ0n) is 17.9. The van der Waals surface area contributed by atoms with Crippen LogP contribution in [0.5, 0.6) is 0 Å². The molecule has 0 aliphatic heterocycles. The van der Waals surface area contributed by atoms with Gasteiger partial charge in [0.25, 0.3) is 5.91 Å². The molecular weight excluding hydrogens is 410 g/mol. The molecule has 2 aromatic carbocycles. The second kappa shape index (κ2) is 11.3. The highest BCUT2D eigenvalue weighted by Crippen LogP contribution is 2.24. The Morgan fingerprint density at radius 1 is 1.03 bits per heavy atom. The van der Waals surface area contributed by atoms with Gasteiger partial charge in [-0.2, -0.15) is 0 Å². The first-order chi connectivity index (χ1) is 14.6. The maximum Gasteiger partial charge on any atom is 0.251 e. The summed E-state index contributed by atoms with van der Waals surface area (Å²) in [6, 6.07) is 16.3. The molecule has 0 unspecified atom stereocenters. The standard InChI is InChI=1S/C24H29N3OS2/c1-4-27(5-2)15-20-8-6-19(7-9-20)14-25-24(28)21-10-12-23(13-11-21)30-17-22-16-29-18(3)26-22/h6-13,16H,4-5,14-15,17H2,1-3H3,(H,25,28). The molecule has 0 saturated carbocycles. The molecule has 0 bridgehead atoms. The van der Waals surface area contributed by atoms with Gasteiger partial charge in [0, 0.05) is 34.7 Å². The fraction of sp³-hybridized carbons (Fsp3) is 0.333. The molecule has 0 radical (unpaired) electrons. The number of amides is 1. The summed E-state index contributed by atoms with van der Waals surface area (Å²) in [5.41, 5.74) is 4.20. The Bertz CT molecular complexity index is 932. The lowest BCUT2D eigenvalue weighted by atomic mass is 10.1. The molecule has 6 heteroatoms. The summed E-state index contributed by atoms with van der Waals surface area (Å²) in [6.07, 6.45) is 0. The van der Waals surface area contributed by atoms with E-state index in [-0.39, 0.29) is 5.91 Å². The van der Waals surface area contributed by atoms with Crippen molar-refractivity contribution in [3.8, 4) is 0 Å². The van der Waals surface area contributed by atoms with E-state index in [2.05, 4.69) is 58.7 Å². The highest BCUT2D eigenvalue weighted by Gasteiger charge is 2.07. The lowest BCUT2D eigenvalue weighted by molar-refractivity contribution is 0.0951. The van der Waals surface area contributed by atoms with Gasteiger partial charge < -0.3 is 5.32 Å². The minimum Gasteiger partial charge on any atom is -0.348 e. The van der Waals surface area contributed by atoms with Crippen molar-refractivity contribution in [1.29, 1.82) is 0 Å². The molecular formula is C24H29N3OS2. The number of carbonyl (C=O) groups excluding carboxylic acids is 1. The van der Waals surface area contributed by atoms with Gasteiger partial charge in [-0.05, 0) is 55.4 Å². The van der Waals surface area contributed by atoms with Crippen LogP contribution in [0.3, 0.4) is 0 Å². The van der Waals surface area contributed by atoms with Gasteiger partial charge in [0.15, 0.2) is 0 Å². The Balaban J connectivity index is 1.47. The summed E-state index contributed by atoms with van der Waals surface area (Å²) in [5.74, 6) is 0.800. The summed E-state index contributed by atoms with van der Waals surface area (Å²) < 4.78 is 0. The second-order valence-corrected chi connectivity index (χ2v) is 9.24. The molecule has 1 heterocycles. The van der Waals surface area contributed by atoms with Crippen molar-refractivity contribution in [2.45, 2.75) is 44.5 Å². The van der Waals surface area contributed by atoms with E-state index in [0.717, 1.165) is 46.5 Å². The molecule has 0 fully saturated rings. The van der Waals surface area contributed by atoms with Crippen LogP contribution >= 0.6 is 23.1 Å². The van der Waals surface area contributed by atoms with E-state index in [1.54, 1.807) is 23.1 Å². The fourth-order valence-corrected chi connectivity index (χ4v) is 4.60. The first kappa shape index (κ1) is 22.5. The Hall–Kier alpha value is -2.15. The quantitative estimate of drug-likeness (QED) is 0.423. The largest absolute Gasteiger partial charge is 0.348 e. The summed E-state index contributed by atoms with van der Waals surface area (Å²) >= 11 is 3.41. The molecule has 1 amide bonds. The predicted molar refractivity (Wildman–Crippen MR) is 127 cm³/mol. The van der Waals surface area contributed by atoms with Crippen LogP contribution in [0.15, 0.2) is 58.8 Å². The molecule has 1 aromatic heterocycles. The molecule has 0 spiro atoms. The first-order valence-corrected chi connectivity index (χ1v) is 12.2. The van der Waals surface area contributed by atoms with Crippen LogP contribution in [0.4, 0.5) is 0 Å². The van der Waals surface area contributed by atoms with Crippen molar-refractivity contribution in [3.05, 3.63) is 81.3 Å². The van der Waals surface area contributed by atoms with Crippen LogP contribution in [0.1, 0.15) is 46.0 Å². The van der Waals surface area contributed by atoms with Crippen LogP contribution in [-0.4, -0.2) is 28.9 Å². The minimum atomic E-state index is -0.0473. The molecule has 30 heavy (non-hydrogen) atoms. The first-order valence-electron chi connectivity index (χ1n) is 10.3. The zero-order valence-corrected chi connectivity index (χ0v) is 19.5. The summed E-state index contributed by atoms with van der Waals surface area (Å²) in [7, 11) is 0. The van der Waals surface area contributed by atoms with Crippen molar-refractivity contribution in [2.24, 2.45) is 0 Å². The molecule has 158 valence electrons. The third-order valence-corrected chi connectivity index (χ3v) is 6.81. The van der Waals surface area contributed by atoms with Gasteiger partial charge in [0.2, 0.25) is 0 Å². The normalized spacial score (nSPS) is 11.1. The molecule has 0 aliphatic carbocycles. The van der Waals surface area contributed by atoms with E-state index in [0.29, 0.717) is 12.1 Å². The molecule has 0 saturated heterocycles. The van der Waals surface area contributed by atoms with Crippen molar-refractivity contribution < 1.29 is 4.79 Å². The number of benzene rings is 2. The Kier molecular flexibility index (Phi) is 8.49. The lowest BCUT2D eigenvalue weighted by Gasteiger charge is -2.18. The molecule has 4 nitrogen and oxygen atoms in total. The smallest absolute Gasteiger partial charge is 0.251 e. The van der Waals surface area contributed by atoms with Crippen molar-refractivity contribution in [3.63, 3.8) is 0 Å². The van der Waals surface area contributed by atoms with Gasteiger partial charge in [0.1, 0.15) is 0 Å². The number of nitrogens with zero attached hydrogens (tertiary/aromatic N) is 2. The molecule has 1 N–H and O–H groups in total. The SMILES string of the molecule is CCN(CC)Cc1ccc(CNC(=O)c2ccc(SCc3csc(C)n3)cc2)cc1. The van der Waals surface area contributed by atoms with Gasteiger partial charge in [-0.3, -0.25) is 9.69 Å². The summed E-state index contributed by atoms with van der Waals surface area (Å²) in [4.78, 5) is 20.5. The summed E-state index contributed by atoms with van der Waals surface area (Å²) in [5, 5.41) is 6.20. The van der Waals surface area contributed by atoms with Gasteiger partial charge in [0.05, 0.1) is 10.7 Å². The highest BCUT2D eigenvalue weighted by atomic mass is 32.2. The third kappa shape index (κ3) is 6.69. The van der Waals surface area contributed by atoms with Crippen LogP contribution < -0.4 is 5.32 Å². The minimum absolute atomic E-state index is 0.0473. The van der Waals surface area contributed by atoms with E-state index < -0.39 is 0 Å². The number of rotatable bonds is 10. The predicted octanol–water partition coefficient (Wildman–Crippen LogP) is 5.52. The molecule has 0 atom stereocenters. The topological polar surface area (TPSA) is 45.2 Å². The van der Waals surface area contributed by atoms with E-state index in [1.807, 2.05) is 31.2 Å². The number of hydrogen-bond acceptors (Lipinski definition) is 5. The zero-order chi connectivity index (χ0) is 21.3. The van der Waals surface area contributed by atoms with Crippen molar-refractivity contribution in [2.75, 3.05) is 13.1 Å². The van der Waals surface area contributed by atoms with Crippen LogP contribution in [0.25, 0.3) is 0 Å². The van der Waals surface area contributed by atoms with E-state index >= 15 is 0 Å². The Morgan fingerprint density at radius 3 is 2.30 bits per heavy atom. The van der Waals surface area contributed by atoms with E-state index in [4.69, 9.17) is 0 Å². The average Bonchev–Trinajstić information content (AvgIpc) is 3.20. The lowest BCUT2D eigenvalue weighted by Crippen LogP contribution is -2.23. The molecule has 0 aliphatic rings. The number of aryl methyl sites for hydroxylation is 1. The van der Waals surface area contributed by atoms with Gasteiger partial charge >= 0.3 is 0 Å². The molecule has 3 aromatic rings. The van der Waals surface area contributed by atoms with Crippen LogP contribution in [0, 0.1) is 6.92 Å². The van der Waals surface area contributed by atoms with Crippen molar-refractivity contribution >= 4 is 29.0 Å². The van der Waals surface area contributed by atoms with Gasteiger partial charge in [-0.1, -0.05) is 38.1 Å². The number of aromatic nitrogens is 1. The number of nitrogens with one attached hydrogen (secondary N) is 1. The number of carbonyl (C=O) groups is 1. The Morgan fingerprint density at radius 2 is 1.70 bits per heavy atom. The van der Waals surface area contributed by atoms with E-state index in [1.165, 1.54) is 5.56 Å². The average molecular weight is 440 g/mol. The third-order valence-electron chi connectivity index (χ3n) is 4.95. The second-order valence-electron chi connectivity index (χ2n) is 7.13. The maximum absolute atomic E-state index is 12.5. The van der Waals surface area contributed by atoms with Crippen LogP contribution in [-0.2, 0) is 18.8 Å². The highest BCUT2D eigenvalue weighted by molar-refractivity contribution is 7.98. The maximum atomic E-state index is 12.5. The van der Waals surface area contributed by atoms with Crippen LogP contribution in [0.2, 0.25) is 0 Å². The summed E-state index contributed by atoms with van der Waals surface area (Å²) in [6.45, 7) is 9.98. The number of hydrogen-bond donors (Lipinski definition) is 1.